The Bertz CT molecular complexity index is 1070. The van der Waals surface area contributed by atoms with E-state index in [1.807, 2.05) is 32.9 Å². The molecule has 0 spiro atoms. The smallest absolute Gasteiger partial charge is 0.261 e. The average molecular weight is 413 g/mol. The molecule has 0 radical (unpaired) electrons. The summed E-state index contributed by atoms with van der Waals surface area (Å²) in [5.74, 6) is 1.29. The van der Waals surface area contributed by atoms with Gasteiger partial charge in [0.05, 0.1) is 17.1 Å². The van der Waals surface area contributed by atoms with E-state index in [9.17, 15) is 13.2 Å². The zero-order chi connectivity index (χ0) is 21.0. The minimum Gasteiger partial charge on any atom is -0.464 e. The number of hydrogen-bond donors (Lipinski definition) is 1. The van der Waals surface area contributed by atoms with Gasteiger partial charge in [0.2, 0.25) is 0 Å². The Morgan fingerprint density at radius 2 is 1.72 bits per heavy atom. The van der Waals surface area contributed by atoms with Gasteiger partial charge in [0.1, 0.15) is 11.5 Å². The van der Waals surface area contributed by atoms with Crippen molar-refractivity contribution in [3.8, 4) is 0 Å². The number of nitrogens with zero attached hydrogens (tertiary/aromatic N) is 2. The van der Waals surface area contributed by atoms with Crippen LogP contribution in [-0.4, -0.2) is 30.3 Å². The highest BCUT2D eigenvalue weighted by Gasteiger charge is 2.21. The Kier molecular flexibility index (Phi) is 6.03. The molecule has 0 aliphatic rings. The first-order chi connectivity index (χ1) is 13.8. The van der Waals surface area contributed by atoms with Crippen molar-refractivity contribution in [2.24, 2.45) is 0 Å². The number of pyridine rings is 1. The van der Waals surface area contributed by atoms with E-state index in [2.05, 4.69) is 9.71 Å². The van der Waals surface area contributed by atoms with Crippen molar-refractivity contribution in [1.82, 2.24) is 9.88 Å². The van der Waals surface area contributed by atoms with E-state index >= 15 is 0 Å². The molecule has 152 valence electrons. The summed E-state index contributed by atoms with van der Waals surface area (Å²) in [4.78, 5) is 18.6. The largest absolute Gasteiger partial charge is 0.464 e. The summed E-state index contributed by atoms with van der Waals surface area (Å²) < 4.78 is 33.1. The van der Waals surface area contributed by atoms with Crippen LogP contribution in [0.15, 0.2) is 70.2 Å². The van der Waals surface area contributed by atoms with E-state index in [1.165, 1.54) is 36.7 Å². The molecule has 0 saturated carbocycles. The van der Waals surface area contributed by atoms with E-state index in [1.54, 1.807) is 17.0 Å². The van der Waals surface area contributed by atoms with Gasteiger partial charge >= 0.3 is 0 Å². The number of amides is 1. The van der Waals surface area contributed by atoms with Crippen LogP contribution in [0.25, 0.3) is 0 Å². The number of benzene rings is 1. The number of carbonyl (C=O) groups is 1. The highest BCUT2D eigenvalue weighted by molar-refractivity contribution is 7.92. The maximum Gasteiger partial charge on any atom is 0.261 e. The van der Waals surface area contributed by atoms with Crippen molar-refractivity contribution < 1.29 is 17.6 Å². The molecule has 3 aromatic rings. The zero-order valence-electron chi connectivity index (χ0n) is 16.5. The van der Waals surface area contributed by atoms with Crippen LogP contribution >= 0.6 is 0 Å². The third-order valence-corrected chi connectivity index (χ3v) is 5.75. The standard InChI is InChI=1S/C21H23N3O4S/c1-15(2)24(14-19-7-4-16(3)28-19)21(25)17-5-8-20(9-6-17)29(26,27)23-18-10-12-22-13-11-18/h4-13,15H,14H2,1-3H3,(H,22,23). The molecule has 29 heavy (non-hydrogen) atoms. The number of carbonyl (C=O) groups excluding carboxylic acids is 1. The molecule has 3 rings (SSSR count). The molecule has 7 nitrogen and oxygen atoms in total. The Hall–Kier alpha value is -3.13. The van der Waals surface area contributed by atoms with Gasteiger partial charge in [-0.25, -0.2) is 8.42 Å². The number of rotatable bonds is 7. The lowest BCUT2D eigenvalue weighted by molar-refractivity contribution is 0.0675. The fourth-order valence-corrected chi connectivity index (χ4v) is 3.86. The lowest BCUT2D eigenvalue weighted by atomic mass is 10.1. The van der Waals surface area contributed by atoms with Crippen molar-refractivity contribution >= 4 is 21.6 Å². The molecule has 0 unspecified atom stereocenters. The number of nitrogens with one attached hydrogen (secondary N) is 1. The quantitative estimate of drug-likeness (QED) is 0.635. The SMILES string of the molecule is Cc1ccc(CN(C(=O)c2ccc(S(=O)(=O)Nc3ccncc3)cc2)C(C)C)o1. The van der Waals surface area contributed by atoms with Crippen molar-refractivity contribution in [1.29, 1.82) is 0 Å². The fraction of sp³-hybridized carbons (Fsp3) is 0.238. The molecule has 0 aliphatic heterocycles. The number of sulfonamides is 1. The van der Waals surface area contributed by atoms with Crippen LogP contribution in [0.2, 0.25) is 0 Å². The zero-order valence-corrected chi connectivity index (χ0v) is 17.3. The van der Waals surface area contributed by atoms with Crippen LogP contribution in [0.5, 0.6) is 0 Å². The summed E-state index contributed by atoms with van der Waals surface area (Å²) in [5, 5.41) is 0. The number of aromatic nitrogens is 1. The Labute approximate surface area is 170 Å². The van der Waals surface area contributed by atoms with E-state index in [4.69, 9.17) is 4.42 Å². The molecule has 0 fully saturated rings. The van der Waals surface area contributed by atoms with Gasteiger partial charge < -0.3 is 9.32 Å². The van der Waals surface area contributed by atoms with Crippen LogP contribution in [-0.2, 0) is 16.6 Å². The highest BCUT2D eigenvalue weighted by atomic mass is 32.2. The minimum absolute atomic E-state index is 0.0512. The first-order valence-corrected chi connectivity index (χ1v) is 10.6. The van der Waals surface area contributed by atoms with Crippen molar-refractivity contribution in [3.63, 3.8) is 0 Å². The average Bonchev–Trinajstić information content (AvgIpc) is 3.11. The van der Waals surface area contributed by atoms with Gasteiger partial charge in [-0.3, -0.25) is 14.5 Å². The summed E-state index contributed by atoms with van der Waals surface area (Å²) >= 11 is 0. The van der Waals surface area contributed by atoms with Crippen LogP contribution < -0.4 is 4.72 Å². The van der Waals surface area contributed by atoms with Gasteiger partial charge in [0, 0.05) is 24.0 Å². The van der Waals surface area contributed by atoms with Crippen LogP contribution in [0, 0.1) is 6.92 Å². The van der Waals surface area contributed by atoms with Crippen LogP contribution in [0.1, 0.15) is 35.7 Å². The molecule has 1 N–H and O–H groups in total. The molecule has 2 aromatic heterocycles. The molecule has 2 heterocycles. The summed E-state index contributed by atoms with van der Waals surface area (Å²) in [7, 11) is -3.76. The van der Waals surface area contributed by atoms with E-state index in [0.29, 0.717) is 23.6 Å². The van der Waals surface area contributed by atoms with Crippen LogP contribution in [0.3, 0.4) is 0 Å². The second-order valence-corrected chi connectivity index (χ2v) is 8.59. The molecular formula is C21H23N3O4S. The molecule has 1 amide bonds. The Balaban J connectivity index is 1.78. The highest BCUT2D eigenvalue weighted by Crippen LogP contribution is 2.19. The lowest BCUT2D eigenvalue weighted by Crippen LogP contribution is -2.36. The summed E-state index contributed by atoms with van der Waals surface area (Å²) in [5.41, 5.74) is 0.824. The first kappa shape index (κ1) is 20.6. The minimum atomic E-state index is -3.76. The lowest BCUT2D eigenvalue weighted by Gasteiger charge is -2.26. The van der Waals surface area contributed by atoms with Crippen LogP contribution in [0.4, 0.5) is 5.69 Å². The van der Waals surface area contributed by atoms with E-state index < -0.39 is 10.0 Å². The number of hydrogen-bond acceptors (Lipinski definition) is 5. The molecular weight excluding hydrogens is 390 g/mol. The topological polar surface area (TPSA) is 92.5 Å². The maximum absolute atomic E-state index is 13.0. The Morgan fingerprint density at radius 1 is 1.07 bits per heavy atom. The van der Waals surface area contributed by atoms with Gasteiger partial charge in [-0.05, 0) is 69.3 Å². The molecule has 0 atom stereocenters. The molecule has 0 saturated heterocycles. The second-order valence-electron chi connectivity index (χ2n) is 6.90. The number of anilines is 1. The fourth-order valence-electron chi connectivity index (χ4n) is 2.80. The predicted molar refractivity (Wildman–Crippen MR) is 110 cm³/mol. The van der Waals surface area contributed by atoms with Crippen molar-refractivity contribution in [3.05, 3.63) is 78.0 Å². The van der Waals surface area contributed by atoms with Gasteiger partial charge in [-0.15, -0.1) is 0 Å². The summed E-state index contributed by atoms with van der Waals surface area (Å²) in [6, 6.07) is 12.7. The van der Waals surface area contributed by atoms with Crippen molar-refractivity contribution in [2.45, 2.75) is 38.3 Å². The first-order valence-electron chi connectivity index (χ1n) is 9.15. The predicted octanol–water partition coefficient (Wildman–Crippen LogP) is 3.83. The number of aryl methyl sites for hydroxylation is 1. The Morgan fingerprint density at radius 3 is 2.28 bits per heavy atom. The second kappa shape index (κ2) is 8.48. The monoisotopic (exact) mass is 413 g/mol. The third-order valence-electron chi connectivity index (χ3n) is 4.35. The van der Waals surface area contributed by atoms with E-state index in [0.717, 1.165) is 5.76 Å². The molecule has 0 aliphatic carbocycles. The summed E-state index contributed by atoms with van der Waals surface area (Å²) in [6.45, 7) is 6.04. The summed E-state index contributed by atoms with van der Waals surface area (Å²) in [6.07, 6.45) is 3.00. The van der Waals surface area contributed by atoms with Gasteiger partial charge in [-0.1, -0.05) is 0 Å². The van der Waals surface area contributed by atoms with Crippen molar-refractivity contribution in [2.75, 3.05) is 4.72 Å². The third kappa shape index (κ3) is 5.03. The van der Waals surface area contributed by atoms with Gasteiger partial charge in [0.15, 0.2) is 0 Å². The normalized spacial score (nSPS) is 11.4. The number of furan rings is 1. The maximum atomic E-state index is 13.0. The van der Waals surface area contributed by atoms with Gasteiger partial charge in [-0.2, -0.15) is 0 Å². The van der Waals surface area contributed by atoms with E-state index in [-0.39, 0.29) is 16.8 Å². The molecule has 8 heteroatoms. The molecule has 1 aromatic carbocycles. The van der Waals surface area contributed by atoms with Gasteiger partial charge in [0.25, 0.3) is 15.9 Å². The molecule has 0 bridgehead atoms.